The monoisotopic (exact) mass is 273 g/mol. The molecule has 1 aromatic rings. The molecule has 0 aliphatic carbocycles. The second kappa shape index (κ2) is 10.3. The number of nitrogens with one attached hydrogen (secondary N) is 1. The largest absolute Gasteiger partial charge is 0.387 e. The Morgan fingerprint density at radius 3 is 1.80 bits per heavy atom. The van der Waals surface area contributed by atoms with Crippen molar-refractivity contribution < 1.29 is 0 Å². The van der Waals surface area contributed by atoms with Crippen molar-refractivity contribution in [2.75, 3.05) is 6.54 Å². The number of hydrogen-bond donors (Lipinski definition) is 1. The van der Waals surface area contributed by atoms with Gasteiger partial charge < -0.3 is 5.32 Å². The van der Waals surface area contributed by atoms with Crippen molar-refractivity contribution in [1.29, 1.82) is 0 Å². The lowest BCUT2D eigenvalue weighted by molar-refractivity contribution is 0.846. The molecule has 112 valence electrons. The van der Waals surface area contributed by atoms with Crippen LogP contribution in [0.5, 0.6) is 0 Å². The molecule has 0 saturated carbocycles. The Kier molecular flexibility index (Phi) is 9.53. The minimum absolute atomic E-state index is 0.649. The van der Waals surface area contributed by atoms with Gasteiger partial charge in [-0.3, -0.25) is 0 Å². The minimum Gasteiger partial charge on any atom is -0.387 e. The Morgan fingerprint density at radius 1 is 1.00 bits per heavy atom. The summed E-state index contributed by atoms with van der Waals surface area (Å²) in [6, 6.07) is 6.49. The molecule has 1 N–H and O–H groups in total. The molecule has 1 aliphatic rings. The summed E-state index contributed by atoms with van der Waals surface area (Å²) < 4.78 is 0. The quantitative estimate of drug-likeness (QED) is 0.712. The summed E-state index contributed by atoms with van der Waals surface area (Å²) in [5.74, 6) is 0.649. The Morgan fingerprint density at radius 2 is 1.55 bits per heavy atom. The summed E-state index contributed by atoms with van der Waals surface area (Å²) in [5, 5.41) is 3.06. The van der Waals surface area contributed by atoms with E-state index in [0.717, 1.165) is 6.54 Å². The van der Waals surface area contributed by atoms with Gasteiger partial charge in [-0.1, -0.05) is 57.5 Å². The molecule has 0 spiro atoms. The summed E-state index contributed by atoms with van der Waals surface area (Å²) in [5.41, 5.74) is 5.69. The van der Waals surface area contributed by atoms with Gasteiger partial charge in [0.25, 0.3) is 0 Å². The molecule has 0 radical (unpaired) electrons. The maximum absolute atomic E-state index is 3.06. The maximum atomic E-state index is 3.06. The van der Waals surface area contributed by atoms with Crippen molar-refractivity contribution >= 4 is 0 Å². The van der Waals surface area contributed by atoms with Gasteiger partial charge in [-0.25, -0.2) is 0 Å². The van der Waals surface area contributed by atoms with Crippen LogP contribution in [0.15, 0.2) is 42.1 Å². The zero-order valence-electron chi connectivity index (χ0n) is 14.2. The van der Waals surface area contributed by atoms with Crippen LogP contribution in [0.25, 0.3) is 0 Å². The highest BCUT2D eigenvalue weighted by Gasteiger charge is 2.04. The lowest BCUT2D eigenvalue weighted by Crippen LogP contribution is -2.07. The molecule has 0 bridgehead atoms. The summed E-state index contributed by atoms with van der Waals surface area (Å²) in [6.07, 6.45) is 6.18. The van der Waals surface area contributed by atoms with Crippen molar-refractivity contribution in [2.45, 2.75) is 54.4 Å². The number of rotatable bonds is 1. The predicted molar refractivity (Wildman–Crippen MR) is 92.3 cm³/mol. The van der Waals surface area contributed by atoms with Crippen molar-refractivity contribution in [3.8, 4) is 0 Å². The topological polar surface area (TPSA) is 12.0 Å². The van der Waals surface area contributed by atoms with Crippen molar-refractivity contribution in [2.24, 2.45) is 0 Å². The summed E-state index contributed by atoms with van der Waals surface area (Å²) in [6.45, 7) is 15.9. The van der Waals surface area contributed by atoms with E-state index < -0.39 is 0 Å². The minimum atomic E-state index is 0.649. The molecule has 0 atom stereocenters. The second-order valence-corrected chi connectivity index (χ2v) is 5.15. The van der Waals surface area contributed by atoms with Gasteiger partial charge in [-0.05, 0) is 55.7 Å². The van der Waals surface area contributed by atoms with Crippen LogP contribution in [0.1, 0.15) is 57.2 Å². The molecule has 2 rings (SSSR count). The lowest BCUT2D eigenvalue weighted by atomic mass is 9.94. The zero-order valence-corrected chi connectivity index (χ0v) is 14.2. The molecule has 0 aromatic heterocycles. The number of aryl methyl sites for hydroxylation is 2. The zero-order chi connectivity index (χ0) is 15.5. The molecule has 1 aliphatic heterocycles. The van der Waals surface area contributed by atoms with Gasteiger partial charge in [-0.15, -0.1) is 0 Å². The Balaban J connectivity index is 0.000000345. The van der Waals surface area contributed by atoms with E-state index in [9.17, 15) is 0 Å². The van der Waals surface area contributed by atoms with Gasteiger partial charge >= 0.3 is 0 Å². The third kappa shape index (κ3) is 6.60. The molecule has 20 heavy (non-hydrogen) atoms. The van der Waals surface area contributed by atoms with Crippen LogP contribution < -0.4 is 5.32 Å². The van der Waals surface area contributed by atoms with E-state index in [1.54, 1.807) is 0 Å². The van der Waals surface area contributed by atoms with E-state index in [1.165, 1.54) is 22.3 Å². The molecule has 1 heteroatoms. The smallest absolute Gasteiger partial charge is 0.0330 e. The molecule has 0 unspecified atom stereocenters. The number of dihydropyridines is 1. The standard InChI is InChI=1S/C11H16.C6H9N.C2H6/c1-8(2)11-9(3)6-5-7-10(11)4;1-6-2-4-7-5-3-6;1-2/h5-8H,1-4H3;2-4,7H,5H2,1H3;1-2H3. The van der Waals surface area contributed by atoms with E-state index >= 15 is 0 Å². The SMILES string of the molecule is CC.CC1=CCNC=C1.Cc1cccc(C)c1C(C)C. The number of allylic oxidation sites excluding steroid dienone is 2. The fourth-order valence-corrected chi connectivity index (χ4v) is 2.28. The van der Waals surface area contributed by atoms with E-state index in [0.29, 0.717) is 5.92 Å². The molecular weight excluding hydrogens is 242 g/mol. The first-order valence-corrected chi connectivity index (χ1v) is 7.65. The third-order valence-electron chi connectivity index (χ3n) is 3.13. The summed E-state index contributed by atoms with van der Waals surface area (Å²) in [4.78, 5) is 0. The van der Waals surface area contributed by atoms with Crippen LogP contribution in [0.3, 0.4) is 0 Å². The van der Waals surface area contributed by atoms with E-state index in [2.05, 4.69) is 70.3 Å². The van der Waals surface area contributed by atoms with Crippen molar-refractivity contribution in [1.82, 2.24) is 5.32 Å². The highest BCUT2D eigenvalue weighted by atomic mass is 14.8. The van der Waals surface area contributed by atoms with E-state index in [-0.39, 0.29) is 0 Å². The van der Waals surface area contributed by atoms with Gasteiger partial charge in [0.05, 0.1) is 0 Å². The Bertz CT molecular complexity index is 419. The van der Waals surface area contributed by atoms with Crippen LogP contribution in [0.4, 0.5) is 0 Å². The molecule has 1 heterocycles. The molecule has 0 amide bonds. The summed E-state index contributed by atoms with van der Waals surface area (Å²) in [7, 11) is 0. The van der Waals surface area contributed by atoms with Gasteiger partial charge in [0.1, 0.15) is 0 Å². The Labute approximate surface area is 125 Å². The van der Waals surface area contributed by atoms with Gasteiger partial charge in [-0.2, -0.15) is 0 Å². The average molecular weight is 273 g/mol. The molecule has 0 saturated heterocycles. The average Bonchev–Trinajstić information content (AvgIpc) is 2.42. The fourth-order valence-electron chi connectivity index (χ4n) is 2.28. The lowest BCUT2D eigenvalue weighted by Gasteiger charge is -2.12. The molecule has 1 aromatic carbocycles. The third-order valence-corrected chi connectivity index (χ3v) is 3.13. The second-order valence-electron chi connectivity index (χ2n) is 5.15. The molecular formula is C19H31N. The van der Waals surface area contributed by atoms with Gasteiger partial charge in [0.15, 0.2) is 0 Å². The highest BCUT2D eigenvalue weighted by molar-refractivity contribution is 5.35. The summed E-state index contributed by atoms with van der Waals surface area (Å²) >= 11 is 0. The molecule has 0 fully saturated rings. The van der Waals surface area contributed by atoms with Crippen LogP contribution in [0, 0.1) is 13.8 Å². The first-order valence-electron chi connectivity index (χ1n) is 7.65. The molecule has 1 nitrogen and oxygen atoms in total. The first-order chi connectivity index (χ1) is 9.52. The van der Waals surface area contributed by atoms with Crippen LogP contribution in [-0.4, -0.2) is 6.54 Å². The van der Waals surface area contributed by atoms with E-state index in [1.807, 2.05) is 20.0 Å². The van der Waals surface area contributed by atoms with Crippen molar-refractivity contribution in [3.63, 3.8) is 0 Å². The highest BCUT2D eigenvalue weighted by Crippen LogP contribution is 2.22. The predicted octanol–water partition coefficient (Wildman–Crippen LogP) is 5.50. The maximum Gasteiger partial charge on any atom is 0.0330 e. The van der Waals surface area contributed by atoms with Crippen molar-refractivity contribution in [3.05, 3.63) is 58.8 Å². The van der Waals surface area contributed by atoms with Gasteiger partial charge in [0, 0.05) is 6.54 Å². The fraction of sp³-hybridized carbons (Fsp3) is 0.474. The van der Waals surface area contributed by atoms with E-state index in [4.69, 9.17) is 0 Å². The van der Waals surface area contributed by atoms with Gasteiger partial charge in [0.2, 0.25) is 0 Å². The Hall–Kier alpha value is -1.50. The van der Waals surface area contributed by atoms with Crippen LogP contribution >= 0.6 is 0 Å². The first kappa shape index (κ1) is 18.5. The normalized spacial score (nSPS) is 12.5. The number of hydrogen-bond acceptors (Lipinski definition) is 1. The van der Waals surface area contributed by atoms with Crippen LogP contribution in [0.2, 0.25) is 0 Å². The van der Waals surface area contributed by atoms with Crippen LogP contribution in [-0.2, 0) is 0 Å². The number of benzene rings is 1.